The first-order valence-electron chi connectivity index (χ1n) is 4.56. The van der Waals surface area contributed by atoms with Crippen molar-refractivity contribution >= 4 is 17.4 Å². The van der Waals surface area contributed by atoms with Crippen LogP contribution in [0.25, 0.3) is 0 Å². The maximum absolute atomic E-state index is 5.08. The SMILES string of the molecule is CO[Si](C)(C)C.CO[Si](OC)(OC)OC. The van der Waals surface area contributed by atoms with Crippen molar-refractivity contribution in [3.05, 3.63) is 0 Å². The van der Waals surface area contributed by atoms with Gasteiger partial charge in [0.1, 0.15) is 0 Å². The van der Waals surface area contributed by atoms with Gasteiger partial charge in [0.2, 0.25) is 0 Å². The Morgan fingerprint density at radius 1 is 0.533 bits per heavy atom. The van der Waals surface area contributed by atoms with Gasteiger partial charge >= 0.3 is 9.05 Å². The first-order chi connectivity index (χ1) is 6.80. The Bertz CT molecular complexity index is 127. The molecule has 0 saturated heterocycles. The van der Waals surface area contributed by atoms with Gasteiger partial charge in [-0.2, -0.15) is 0 Å². The fourth-order valence-electron chi connectivity index (χ4n) is 0.500. The van der Waals surface area contributed by atoms with Crippen LogP contribution < -0.4 is 0 Å². The molecule has 94 valence electrons. The summed E-state index contributed by atoms with van der Waals surface area (Å²) in [5.41, 5.74) is 0. The highest BCUT2D eigenvalue weighted by atomic mass is 28.4. The highest BCUT2D eigenvalue weighted by Crippen LogP contribution is 2.04. The summed E-state index contributed by atoms with van der Waals surface area (Å²) in [6.45, 7) is 6.48. The number of rotatable bonds is 5. The maximum atomic E-state index is 5.08. The zero-order chi connectivity index (χ0) is 12.5. The molecule has 0 amide bonds. The highest BCUT2D eigenvalue weighted by Gasteiger charge is 2.40. The third-order valence-electron chi connectivity index (χ3n) is 1.61. The van der Waals surface area contributed by atoms with Crippen molar-refractivity contribution in [2.45, 2.75) is 19.6 Å². The van der Waals surface area contributed by atoms with Crippen LogP contribution in [0.4, 0.5) is 0 Å². The Balaban J connectivity index is 0. The van der Waals surface area contributed by atoms with E-state index in [4.69, 9.17) is 22.1 Å². The molecule has 0 aromatic heterocycles. The zero-order valence-electron chi connectivity index (χ0n) is 11.0. The van der Waals surface area contributed by atoms with Crippen LogP contribution in [0.3, 0.4) is 0 Å². The van der Waals surface area contributed by atoms with Crippen LogP contribution in [0, 0.1) is 0 Å². The van der Waals surface area contributed by atoms with Crippen LogP contribution in [0.5, 0.6) is 0 Å². The van der Waals surface area contributed by atoms with Gasteiger partial charge in [0.15, 0.2) is 8.32 Å². The minimum Gasteiger partial charge on any atom is -0.421 e. The molecule has 0 N–H and O–H groups in total. The van der Waals surface area contributed by atoms with E-state index in [1.165, 1.54) is 28.4 Å². The van der Waals surface area contributed by atoms with Crippen molar-refractivity contribution in [2.75, 3.05) is 35.5 Å². The molecule has 0 radical (unpaired) electrons. The van der Waals surface area contributed by atoms with E-state index in [9.17, 15) is 0 Å². The van der Waals surface area contributed by atoms with E-state index >= 15 is 0 Å². The third-order valence-corrected chi connectivity index (χ3v) is 4.84. The second kappa shape index (κ2) is 8.39. The fourth-order valence-corrected chi connectivity index (χ4v) is 1.50. The van der Waals surface area contributed by atoms with Gasteiger partial charge in [-0.15, -0.1) is 0 Å². The molecular formula is C8H24O5Si2. The molecule has 0 saturated carbocycles. The first-order valence-corrected chi connectivity index (χ1v) is 9.60. The molecule has 0 heterocycles. The summed E-state index contributed by atoms with van der Waals surface area (Å²) in [6, 6.07) is 0. The van der Waals surface area contributed by atoms with E-state index in [2.05, 4.69) is 19.6 Å². The predicted molar refractivity (Wildman–Crippen MR) is 64.1 cm³/mol. The summed E-state index contributed by atoms with van der Waals surface area (Å²) in [5, 5.41) is 0. The van der Waals surface area contributed by atoms with E-state index in [1.807, 2.05) is 0 Å². The van der Waals surface area contributed by atoms with Gasteiger partial charge in [0, 0.05) is 35.5 Å². The second-order valence-corrected chi connectivity index (χ2v) is 10.9. The van der Waals surface area contributed by atoms with Crippen LogP contribution in [-0.4, -0.2) is 52.9 Å². The Morgan fingerprint density at radius 3 is 0.733 bits per heavy atom. The lowest BCUT2D eigenvalue weighted by Crippen LogP contribution is -2.45. The Morgan fingerprint density at radius 2 is 0.733 bits per heavy atom. The summed E-state index contributed by atoms with van der Waals surface area (Å²) < 4.78 is 24.5. The molecule has 0 rings (SSSR count). The number of hydrogen-bond donors (Lipinski definition) is 0. The van der Waals surface area contributed by atoms with Crippen molar-refractivity contribution in [2.24, 2.45) is 0 Å². The van der Waals surface area contributed by atoms with Crippen molar-refractivity contribution in [3.63, 3.8) is 0 Å². The Kier molecular flexibility index (Phi) is 9.86. The van der Waals surface area contributed by atoms with Gasteiger partial charge in [-0.25, -0.2) is 0 Å². The smallest absolute Gasteiger partial charge is 0.421 e. The topological polar surface area (TPSA) is 46.2 Å². The van der Waals surface area contributed by atoms with Crippen molar-refractivity contribution < 1.29 is 22.1 Å². The van der Waals surface area contributed by atoms with Gasteiger partial charge in [-0.1, -0.05) is 0 Å². The van der Waals surface area contributed by atoms with Gasteiger partial charge in [-0.05, 0) is 19.6 Å². The van der Waals surface area contributed by atoms with Crippen LogP contribution in [0.2, 0.25) is 19.6 Å². The standard InChI is InChI=1S/C4H12O4Si.C4H12OSi/c1-5-9(6-2,7-3)8-4;1-5-6(2,3)4/h1-4H3;1-4H3. The van der Waals surface area contributed by atoms with Crippen molar-refractivity contribution in [1.29, 1.82) is 0 Å². The molecule has 0 aliphatic rings. The normalized spacial score (nSPS) is 12.0. The number of hydrogen-bond acceptors (Lipinski definition) is 5. The lowest BCUT2D eigenvalue weighted by Gasteiger charge is -2.19. The summed E-state index contributed by atoms with van der Waals surface area (Å²) >= 11 is 0. The fraction of sp³-hybridized carbons (Fsp3) is 1.00. The van der Waals surface area contributed by atoms with E-state index in [0.29, 0.717) is 0 Å². The quantitative estimate of drug-likeness (QED) is 0.697. The Hall–Kier alpha value is 0.234. The van der Waals surface area contributed by atoms with Gasteiger partial charge in [0.05, 0.1) is 0 Å². The molecule has 0 aromatic rings. The molecule has 0 aliphatic carbocycles. The van der Waals surface area contributed by atoms with Gasteiger partial charge in [-0.3, -0.25) is 0 Å². The molecular weight excluding hydrogens is 232 g/mol. The van der Waals surface area contributed by atoms with E-state index in [1.54, 1.807) is 7.11 Å². The van der Waals surface area contributed by atoms with E-state index in [0.717, 1.165) is 0 Å². The van der Waals surface area contributed by atoms with E-state index in [-0.39, 0.29) is 0 Å². The van der Waals surface area contributed by atoms with Crippen molar-refractivity contribution in [1.82, 2.24) is 0 Å². The molecule has 0 fully saturated rings. The average molecular weight is 256 g/mol. The minimum atomic E-state index is -2.69. The summed E-state index contributed by atoms with van der Waals surface area (Å²) in [4.78, 5) is 0. The summed E-state index contributed by atoms with van der Waals surface area (Å²) in [5.74, 6) is 0. The molecule has 0 spiro atoms. The van der Waals surface area contributed by atoms with Crippen LogP contribution in [0.15, 0.2) is 0 Å². The Labute approximate surface area is 95.2 Å². The summed E-state index contributed by atoms with van der Waals surface area (Å²) in [7, 11) is 3.90. The van der Waals surface area contributed by atoms with Crippen LogP contribution >= 0.6 is 0 Å². The van der Waals surface area contributed by atoms with Crippen LogP contribution in [-0.2, 0) is 22.1 Å². The zero-order valence-corrected chi connectivity index (χ0v) is 13.0. The van der Waals surface area contributed by atoms with Crippen molar-refractivity contribution in [3.8, 4) is 0 Å². The molecule has 5 nitrogen and oxygen atoms in total. The molecule has 0 bridgehead atoms. The lowest BCUT2D eigenvalue weighted by atomic mass is 11.8. The third kappa shape index (κ3) is 9.18. The summed E-state index contributed by atoms with van der Waals surface area (Å²) in [6.07, 6.45) is 0. The highest BCUT2D eigenvalue weighted by molar-refractivity contribution is 6.69. The second-order valence-electron chi connectivity index (χ2n) is 3.63. The maximum Gasteiger partial charge on any atom is 0.678 e. The molecule has 0 atom stereocenters. The van der Waals surface area contributed by atoms with Gasteiger partial charge < -0.3 is 22.1 Å². The molecule has 0 unspecified atom stereocenters. The largest absolute Gasteiger partial charge is 0.678 e. The monoisotopic (exact) mass is 256 g/mol. The molecule has 7 heteroatoms. The molecule has 0 aromatic carbocycles. The molecule has 0 aliphatic heterocycles. The average Bonchev–Trinajstić information content (AvgIpc) is 2.22. The predicted octanol–water partition coefficient (Wildman–Crippen LogP) is 1.48. The lowest BCUT2D eigenvalue weighted by molar-refractivity contribution is 0.0226. The minimum absolute atomic E-state index is 1.13. The first kappa shape index (κ1) is 17.6. The van der Waals surface area contributed by atoms with E-state index < -0.39 is 17.4 Å². The van der Waals surface area contributed by atoms with Gasteiger partial charge in [0.25, 0.3) is 0 Å². The molecule has 15 heavy (non-hydrogen) atoms. The van der Waals surface area contributed by atoms with Crippen LogP contribution in [0.1, 0.15) is 0 Å².